The quantitative estimate of drug-likeness (QED) is 0.894. The maximum absolute atomic E-state index is 12.3. The molecule has 92 valence electrons. The SMILES string of the molecule is CC(C)(C)N(CCN)S(=O)(=O)c1cccs1. The van der Waals surface area contributed by atoms with E-state index in [9.17, 15) is 8.42 Å². The Morgan fingerprint density at radius 2 is 2.06 bits per heavy atom. The molecule has 0 unspecified atom stereocenters. The number of hydrogen-bond donors (Lipinski definition) is 1. The molecule has 0 aromatic carbocycles. The van der Waals surface area contributed by atoms with Crippen LogP contribution in [0.1, 0.15) is 20.8 Å². The van der Waals surface area contributed by atoms with Crippen molar-refractivity contribution < 1.29 is 8.42 Å². The van der Waals surface area contributed by atoms with Crippen LogP contribution in [0.2, 0.25) is 0 Å². The molecule has 4 nitrogen and oxygen atoms in total. The summed E-state index contributed by atoms with van der Waals surface area (Å²) in [7, 11) is -3.41. The first-order valence-electron chi connectivity index (χ1n) is 5.06. The molecule has 6 heteroatoms. The summed E-state index contributed by atoms with van der Waals surface area (Å²) < 4.78 is 26.4. The van der Waals surface area contributed by atoms with Gasteiger partial charge in [0.25, 0.3) is 10.0 Å². The molecule has 0 fully saturated rings. The molecule has 1 aromatic heterocycles. The van der Waals surface area contributed by atoms with Crippen molar-refractivity contribution in [1.29, 1.82) is 0 Å². The zero-order valence-electron chi connectivity index (χ0n) is 9.80. The third-order valence-electron chi connectivity index (χ3n) is 2.12. The molecule has 1 heterocycles. The smallest absolute Gasteiger partial charge is 0.253 e. The van der Waals surface area contributed by atoms with Crippen LogP contribution in [0, 0.1) is 0 Å². The topological polar surface area (TPSA) is 63.4 Å². The fourth-order valence-electron chi connectivity index (χ4n) is 1.45. The molecule has 0 saturated heterocycles. The van der Waals surface area contributed by atoms with Gasteiger partial charge < -0.3 is 5.73 Å². The lowest BCUT2D eigenvalue weighted by atomic mass is 10.1. The third-order valence-corrected chi connectivity index (χ3v) is 5.66. The number of rotatable bonds is 4. The summed E-state index contributed by atoms with van der Waals surface area (Å²) in [6.45, 7) is 6.26. The number of sulfonamides is 1. The van der Waals surface area contributed by atoms with Crippen LogP contribution < -0.4 is 5.73 Å². The van der Waals surface area contributed by atoms with E-state index in [-0.39, 0.29) is 0 Å². The summed E-state index contributed by atoms with van der Waals surface area (Å²) >= 11 is 1.23. The predicted octanol–water partition coefficient (Wildman–Crippen LogP) is 1.50. The van der Waals surface area contributed by atoms with E-state index in [1.54, 1.807) is 17.5 Å². The van der Waals surface area contributed by atoms with E-state index >= 15 is 0 Å². The van der Waals surface area contributed by atoms with Gasteiger partial charge in [-0.15, -0.1) is 11.3 Å². The minimum atomic E-state index is -3.41. The van der Waals surface area contributed by atoms with E-state index in [0.717, 1.165) is 0 Å². The van der Waals surface area contributed by atoms with Crippen molar-refractivity contribution in [2.75, 3.05) is 13.1 Å². The highest BCUT2D eigenvalue weighted by atomic mass is 32.2. The fraction of sp³-hybridized carbons (Fsp3) is 0.600. The van der Waals surface area contributed by atoms with Crippen LogP contribution in [-0.2, 0) is 10.0 Å². The Morgan fingerprint density at radius 1 is 1.44 bits per heavy atom. The van der Waals surface area contributed by atoms with Crippen LogP contribution in [-0.4, -0.2) is 31.4 Å². The number of thiophene rings is 1. The van der Waals surface area contributed by atoms with Gasteiger partial charge in [-0.25, -0.2) is 8.42 Å². The lowest BCUT2D eigenvalue weighted by Crippen LogP contribution is -2.47. The number of nitrogens with zero attached hydrogens (tertiary/aromatic N) is 1. The zero-order chi connectivity index (χ0) is 12.4. The first-order chi connectivity index (χ1) is 7.30. The predicted molar refractivity (Wildman–Crippen MR) is 67.0 cm³/mol. The molecular weight excluding hydrogens is 244 g/mol. The third kappa shape index (κ3) is 2.82. The molecule has 0 amide bonds. The monoisotopic (exact) mass is 262 g/mol. The van der Waals surface area contributed by atoms with Gasteiger partial charge in [0.1, 0.15) is 4.21 Å². The molecule has 0 aliphatic rings. The van der Waals surface area contributed by atoms with Crippen LogP contribution >= 0.6 is 11.3 Å². The lowest BCUT2D eigenvalue weighted by molar-refractivity contribution is 0.255. The van der Waals surface area contributed by atoms with Crippen LogP contribution in [0.15, 0.2) is 21.7 Å². The Balaban J connectivity index is 3.13. The van der Waals surface area contributed by atoms with Crippen molar-refractivity contribution in [2.45, 2.75) is 30.5 Å². The lowest BCUT2D eigenvalue weighted by Gasteiger charge is -2.33. The summed E-state index contributed by atoms with van der Waals surface area (Å²) in [6.07, 6.45) is 0. The molecule has 0 saturated carbocycles. The van der Waals surface area contributed by atoms with Crippen molar-refractivity contribution in [2.24, 2.45) is 5.73 Å². The van der Waals surface area contributed by atoms with E-state index in [1.165, 1.54) is 15.6 Å². The number of nitrogens with two attached hydrogens (primary N) is 1. The van der Waals surface area contributed by atoms with Gasteiger partial charge in [-0.3, -0.25) is 0 Å². The second kappa shape index (κ2) is 4.83. The van der Waals surface area contributed by atoms with Gasteiger partial charge in [0.05, 0.1) is 0 Å². The van der Waals surface area contributed by atoms with E-state index < -0.39 is 15.6 Å². The standard InChI is InChI=1S/C10H18N2O2S2/c1-10(2,3)12(7-6-11)16(13,14)9-5-4-8-15-9/h4-5,8H,6-7,11H2,1-3H3. The van der Waals surface area contributed by atoms with E-state index in [1.807, 2.05) is 20.8 Å². The molecular formula is C10H18N2O2S2. The Labute approximate surface area is 101 Å². The Hall–Kier alpha value is -0.430. The van der Waals surface area contributed by atoms with Crippen molar-refractivity contribution in [3.8, 4) is 0 Å². The first-order valence-corrected chi connectivity index (χ1v) is 7.38. The van der Waals surface area contributed by atoms with Crippen molar-refractivity contribution in [1.82, 2.24) is 4.31 Å². The molecule has 0 radical (unpaired) electrons. The van der Waals surface area contributed by atoms with E-state index in [2.05, 4.69) is 0 Å². The van der Waals surface area contributed by atoms with Crippen molar-refractivity contribution in [3.63, 3.8) is 0 Å². The Kier molecular flexibility index (Phi) is 4.12. The van der Waals surface area contributed by atoms with Crippen LogP contribution in [0.25, 0.3) is 0 Å². The van der Waals surface area contributed by atoms with Gasteiger partial charge in [-0.2, -0.15) is 4.31 Å². The zero-order valence-corrected chi connectivity index (χ0v) is 11.4. The van der Waals surface area contributed by atoms with E-state index in [4.69, 9.17) is 5.73 Å². The Morgan fingerprint density at radius 3 is 2.44 bits per heavy atom. The van der Waals surface area contributed by atoms with Gasteiger partial charge in [-0.1, -0.05) is 6.07 Å². The van der Waals surface area contributed by atoms with Gasteiger partial charge >= 0.3 is 0 Å². The second-order valence-corrected chi connectivity index (χ2v) is 7.51. The van der Waals surface area contributed by atoms with Crippen LogP contribution in [0.4, 0.5) is 0 Å². The summed E-state index contributed by atoms with van der Waals surface area (Å²) in [5, 5.41) is 1.76. The minimum absolute atomic E-state index is 0.321. The maximum atomic E-state index is 12.3. The molecule has 0 atom stereocenters. The van der Waals surface area contributed by atoms with Gasteiger partial charge in [0.15, 0.2) is 0 Å². The highest BCUT2D eigenvalue weighted by Crippen LogP contribution is 2.26. The maximum Gasteiger partial charge on any atom is 0.253 e. The average Bonchev–Trinajstić information content (AvgIpc) is 2.64. The van der Waals surface area contributed by atoms with Gasteiger partial charge in [0, 0.05) is 18.6 Å². The average molecular weight is 262 g/mol. The summed E-state index contributed by atoms with van der Waals surface area (Å²) in [4.78, 5) is 0. The van der Waals surface area contributed by atoms with Gasteiger partial charge in [0.2, 0.25) is 0 Å². The largest absolute Gasteiger partial charge is 0.329 e. The molecule has 1 aromatic rings. The molecule has 16 heavy (non-hydrogen) atoms. The molecule has 1 rings (SSSR count). The first kappa shape index (κ1) is 13.6. The molecule has 0 aliphatic heterocycles. The molecule has 2 N–H and O–H groups in total. The molecule has 0 spiro atoms. The van der Waals surface area contributed by atoms with Crippen molar-refractivity contribution in [3.05, 3.63) is 17.5 Å². The number of hydrogen-bond acceptors (Lipinski definition) is 4. The van der Waals surface area contributed by atoms with Crippen LogP contribution in [0.5, 0.6) is 0 Å². The van der Waals surface area contributed by atoms with Gasteiger partial charge in [-0.05, 0) is 32.2 Å². The van der Waals surface area contributed by atoms with Crippen LogP contribution in [0.3, 0.4) is 0 Å². The molecule has 0 aliphatic carbocycles. The normalized spacial score (nSPS) is 13.3. The van der Waals surface area contributed by atoms with E-state index in [0.29, 0.717) is 17.3 Å². The summed E-state index contributed by atoms with van der Waals surface area (Å²) in [6, 6.07) is 3.36. The summed E-state index contributed by atoms with van der Waals surface area (Å²) in [5.74, 6) is 0. The summed E-state index contributed by atoms with van der Waals surface area (Å²) in [5.41, 5.74) is 5.02. The fourth-order valence-corrected chi connectivity index (χ4v) is 4.36. The second-order valence-electron chi connectivity index (χ2n) is 4.47. The Bertz CT molecular complexity index is 418. The highest BCUT2D eigenvalue weighted by Gasteiger charge is 2.33. The minimum Gasteiger partial charge on any atom is -0.329 e. The highest BCUT2D eigenvalue weighted by molar-refractivity contribution is 7.91. The van der Waals surface area contributed by atoms with Crippen molar-refractivity contribution >= 4 is 21.4 Å². The molecule has 0 bridgehead atoms.